The molecular formula is C15H11ClN4OS. The van der Waals surface area contributed by atoms with E-state index in [9.17, 15) is 5.11 Å². The first-order valence-corrected chi connectivity index (χ1v) is 7.19. The van der Waals surface area contributed by atoms with Crippen molar-refractivity contribution in [2.75, 3.05) is 0 Å². The van der Waals surface area contributed by atoms with E-state index in [4.69, 9.17) is 23.8 Å². The van der Waals surface area contributed by atoms with Gasteiger partial charge in [0, 0.05) is 16.1 Å². The van der Waals surface area contributed by atoms with Gasteiger partial charge in [-0.1, -0.05) is 41.9 Å². The highest BCUT2D eigenvalue weighted by molar-refractivity contribution is 7.71. The van der Waals surface area contributed by atoms with Gasteiger partial charge in [0.2, 0.25) is 4.77 Å². The largest absolute Gasteiger partial charge is 0.507 e. The molecule has 0 amide bonds. The Hall–Kier alpha value is -2.44. The Balaban J connectivity index is 2.03. The second kappa shape index (κ2) is 6.13. The molecule has 0 aliphatic rings. The van der Waals surface area contributed by atoms with E-state index in [1.54, 1.807) is 12.1 Å². The standard InChI is InChI=1S/C15H11ClN4OS/c16-12-6-7-13(21)11(8-12)9-17-20-14(18-19-15(20)22)10-4-2-1-3-5-10/h1-9,21H,(H,19,22). The van der Waals surface area contributed by atoms with Crippen LogP contribution in [0.4, 0.5) is 0 Å². The molecule has 0 bridgehead atoms. The van der Waals surface area contributed by atoms with E-state index >= 15 is 0 Å². The number of aromatic amines is 1. The normalized spacial score (nSPS) is 11.1. The third-order valence-corrected chi connectivity index (χ3v) is 3.48. The van der Waals surface area contributed by atoms with E-state index in [2.05, 4.69) is 15.3 Å². The van der Waals surface area contributed by atoms with Crippen LogP contribution in [-0.2, 0) is 0 Å². The van der Waals surface area contributed by atoms with Crippen LogP contribution >= 0.6 is 23.8 Å². The molecular weight excluding hydrogens is 320 g/mol. The lowest BCUT2D eigenvalue weighted by Crippen LogP contribution is -1.95. The Bertz CT molecular complexity index is 886. The molecule has 0 saturated heterocycles. The summed E-state index contributed by atoms with van der Waals surface area (Å²) in [5.41, 5.74) is 1.37. The van der Waals surface area contributed by atoms with E-state index in [1.807, 2.05) is 30.3 Å². The van der Waals surface area contributed by atoms with Crippen molar-refractivity contribution in [1.29, 1.82) is 0 Å². The fraction of sp³-hybridized carbons (Fsp3) is 0. The number of phenols is 1. The molecule has 1 aromatic heterocycles. The van der Waals surface area contributed by atoms with E-state index in [1.165, 1.54) is 17.0 Å². The zero-order valence-electron chi connectivity index (χ0n) is 11.3. The molecule has 2 N–H and O–H groups in total. The van der Waals surface area contributed by atoms with Gasteiger partial charge in [0.1, 0.15) is 5.75 Å². The smallest absolute Gasteiger partial charge is 0.216 e. The number of halogens is 1. The number of rotatable bonds is 3. The molecule has 0 atom stereocenters. The van der Waals surface area contributed by atoms with Gasteiger partial charge in [0.05, 0.1) is 6.21 Å². The lowest BCUT2D eigenvalue weighted by Gasteiger charge is -2.02. The Labute approximate surface area is 136 Å². The lowest BCUT2D eigenvalue weighted by atomic mass is 10.2. The van der Waals surface area contributed by atoms with Gasteiger partial charge in [0.25, 0.3) is 0 Å². The number of hydrogen-bond acceptors (Lipinski definition) is 4. The summed E-state index contributed by atoms with van der Waals surface area (Å²) in [7, 11) is 0. The van der Waals surface area contributed by atoms with Crippen LogP contribution in [0.3, 0.4) is 0 Å². The van der Waals surface area contributed by atoms with Gasteiger partial charge >= 0.3 is 0 Å². The molecule has 0 saturated carbocycles. The summed E-state index contributed by atoms with van der Waals surface area (Å²) in [6, 6.07) is 14.3. The van der Waals surface area contributed by atoms with E-state index in [-0.39, 0.29) is 5.75 Å². The molecule has 110 valence electrons. The van der Waals surface area contributed by atoms with Gasteiger partial charge in [-0.05, 0) is 30.4 Å². The summed E-state index contributed by atoms with van der Waals surface area (Å²) < 4.78 is 1.85. The minimum atomic E-state index is 0.0874. The summed E-state index contributed by atoms with van der Waals surface area (Å²) in [4.78, 5) is 0. The predicted octanol–water partition coefficient (Wildman–Crippen LogP) is 3.85. The number of phenolic OH excluding ortho intramolecular Hbond substituents is 1. The van der Waals surface area contributed by atoms with Crippen molar-refractivity contribution in [3.05, 3.63) is 63.9 Å². The molecule has 5 nitrogen and oxygen atoms in total. The minimum Gasteiger partial charge on any atom is -0.507 e. The average molecular weight is 331 g/mol. The lowest BCUT2D eigenvalue weighted by molar-refractivity contribution is 0.474. The maximum Gasteiger partial charge on any atom is 0.216 e. The first-order chi connectivity index (χ1) is 10.6. The van der Waals surface area contributed by atoms with Crippen LogP contribution < -0.4 is 0 Å². The zero-order chi connectivity index (χ0) is 15.5. The Morgan fingerprint density at radius 2 is 2.00 bits per heavy atom. The van der Waals surface area contributed by atoms with Gasteiger partial charge in [0.15, 0.2) is 5.82 Å². The molecule has 3 aromatic rings. The molecule has 0 radical (unpaired) electrons. The quantitative estimate of drug-likeness (QED) is 0.566. The minimum absolute atomic E-state index is 0.0874. The second-order valence-corrected chi connectivity index (χ2v) is 5.30. The molecule has 0 fully saturated rings. The number of nitrogens with one attached hydrogen (secondary N) is 1. The van der Waals surface area contributed by atoms with E-state index in [0.717, 1.165) is 5.56 Å². The summed E-state index contributed by atoms with van der Waals surface area (Å²) >= 11 is 11.1. The summed E-state index contributed by atoms with van der Waals surface area (Å²) in [5, 5.41) is 21.5. The molecule has 0 aliphatic carbocycles. The van der Waals surface area contributed by atoms with Crippen molar-refractivity contribution in [3.8, 4) is 17.1 Å². The highest BCUT2D eigenvalue weighted by Gasteiger charge is 2.07. The van der Waals surface area contributed by atoms with Crippen molar-refractivity contribution in [3.63, 3.8) is 0 Å². The van der Waals surface area contributed by atoms with Crippen LogP contribution in [0, 0.1) is 4.77 Å². The van der Waals surface area contributed by atoms with Gasteiger partial charge in [-0.25, -0.2) is 5.10 Å². The van der Waals surface area contributed by atoms with Crippen LogP contribution in [0.1, 0.15) is 5.56 Å². The van der Waals surface area contributed by atoms with Gasteiger partial charge in [-0.3, -0.25) is 0 Å². The van der Waals surface area contributed by atoms with Gasteiger partial charge in [-0.2, -0.15) is 14.9 Å². The monoisotopic (exact) mass is 330 g/mol. The summed E-state index contributed by atoms with van der Waals surface area (Å²) in [6.45, 7) is 0. The second-order valence-electron chi connectivity index (χ2n) is 4.48. The SMILES string of the molecule is Oc1ccc(Cl)cc1C=Nn1c(-c2ccccc2)n[nH]c1=S. The summed E-state index contributed by atoms with van der Waals surface area (Å²) in [5.74, 6) is 0.674. The fourth-order valence-electron chi connectivity index (χ4n) is 1.92. The molecule has 0 unspecified atom stereocenters. The molecule has 22 heavy (non-hydrogen) atoms. The van der Waals surface area contributed by atoms with Crippen LogP contribution in [0.2, 0.25) is 5.02 Å². The first kappa shape index (κ1) is 14.5. The third kappa shape index (κ3) is 2.93. The Kier molecular flexibility index (Phi) is 4.04. The molecule has 3 rings (SSSR count). The van der Waals surface area contributed by atoms with Crippen molar-refractivity contribution in [2.24, 2.45) is 5.10 Å². The van der Waals surface area contributed by atoms with E-state index in [0.29, 0.717) is 21.2 Å². The molecule has 0 spiro atoms. The zero-order valence-corrected chi connectivity index (χ0v) is 12.8. The highest BCUT2D eigenvalue weighted by atomic mass is 35.5. The summed E-state index contributed by atoms with van der Waals surface area (Å²) in [6.07, 6.45) is 1.49. The van der Waals surface area contributed by atoms with Crippen LogP contribution in [0.25, 0.3) is 11.4 Å². The van der Waals surface area contributed by atoms with Crippen LogP contribution in [-0.4, -0.2) is 26.2 Å². The average Bonchev–Trinajstić information content (AvgIpc) is 2.90. The third-order valence-electron chi connectivity index (χ3n) is 2.98. The topological polar surface area (TPSA) is 66.2 Å². The van der Waals surface area contributed by atoms with Crippen LogP contribution in [0.15, 0.2) is 53.6 Å². The molecule has 2 aromatic carbocycles. The maximum absolute atomic E-state index is 9.81. The fourth-order valence-corrected chi connectivity index (χ4v) is 2.28. The van der Waals surface area contributed by atoms with Crippen LogP contribution in [0.5, 0.6) is 5.75 Å². The Morgan fingerprint density at radius 3 is 2.77 bits per heavy atom. The number of aromatic nitrogens is 3. The molecule has 0 aliphatic heterocycles. The van der Waals surface area contributed by atoms with E-state index < -0.39 is 0 Å². The number of nitrogens with zero attached hydrogens (tertiary/aromatic N) is 3. The Morgan fingerprint density at radius 1 is 1.23 bits per heavy atom. The van der Waals surface area contributed by atoms with Gasteiger partial charge < -0.3 is 5.11 Å². The first-order valence-electron chi connectivity index (χ1n) is 6.41. The number of H-pyrrole nitrogens is 1. The number of benzene rings is 2. The van der Waals surface area contributed by atoms with Crippen molar-refractivity contribution >= 4 is 30.0 Å². The van der Waals surface area contributed by atoms with Crippen molar-refractivity contribution < 1.29 is 5.11 Å². The number of hydrogen-bond donors (Lipinski definition) is 2. The number of aromatic hydroxyl groups is 1. The maximum atomic E-state index is 9.81. The van der Waals surface area contributed by atoms with Crippen molar-refractivity contribution in [2.45, 2.75) is 0 Å². The van der Waals surface area contributed by atoms with Gasteiger partial charge in [-0.15, -0.1) is 0 Å². The van der Waals surface area contributed by atoms with Crippen molar-refractivity contribution in [1.82, 2.24) is 14.9 Å². The molecule has 1 heterocycles. The highest BCUT2D eigenvalue weighted by Crippen LogP contribution is 2.20. The molecule has 7 heteroatoms. The predicted molar refractivity (Wildman–Crippen MR) is 89.0 cm³/mol.